The van der Waals surface area contributed by atoms with Gasteiger partial charge in [-0.3, -0.25) is 4.68 Å². The van der Waals surface area contributed by atoms with Crippen molar-refractivity contribution < 1.29 is 4.39 Å². The van der Waals surface area contributed by atoms with Crippen LogP contribution in [-0.2, 0) is 13.0 Å². The minimum atomic E-state index is -0.345. The molecule has 0 spiro atoms. The van der Waals surface area contributed by atoms with Gasteiger partial charge in [0.05, 0.1) is 22.4 Å². The Labute approximate surface area is 124 Å². The van der Waals surface area contributed by atoms with Crippen molar-refractivity contribution >= 4 is 27.5 Å². The molecule has 0 radical (unpaired) electrons. The van der Waals surface area contributed by atoms with E-state index in [0.29, 0.717) is 11.4 Å². The zero-order valence-electron chi connectivity index (χ0n) is 10.4. The summed E-state index contributed by atoms with van der Waals surface area (Å²) in [5, 5.41) is 4.63. The van der Waals surface area contributed by atoms with Gasteiger partial charge in [0.15, 0.2) is 0 Å². The molecule has 1 unspecified atom stereocenters. The molecule has 2 rings (SSSR count). The highest BCUT2D eigenvalue weighted by molar-refractivity contribution is 9.10. The smallest absolute Gasteiger partial charge is 0.124 e. The minimum Gasteiger partial charge on any atom is -0.322 e. The first-order valence-corrected chi connectivity index (χ1v) is 7.10. The van der Waals surface area contributed by atoms with E-state index in [4.69, 9.17) is 17.3 Å². The van der Waals surface area contributed by atoms with Gasteiger partial charge in [0.25, 0.3) is 0 Å². The van der Waals surface area contributed by atoms with Gasteiger partial charge < -0.3 is 5.73 Å². The lowest BCUT2D eigenvalue weighted by Gasteiger charge is -2.15. The molecule has 1 aromatic carbocycles. The molecular weight excluding hydrogens is 333 g/mol. The van der Waals surface area contributed by atoms with Crippen LogP contribution >= 0.6 is 27.5 Å². The summed E-state index contributed by atoms with van der Waals surface area (Å²) in [6.45, 7) is 2.74. The Balaban J connectivity index is 2.25. The Kier molecular flexibility index (Phi) is 4.60. The number of aryl methyl sites for hydroxylation is 1. The fraction of sp³-hybridized carbons (Fsp3) is 0.308. The van der Waals surface area contributed by atoms with E-state index in [2.05, 4.69) is 21.0 Å². The molecule has 0 amide bonds. The van der Waals surface area contributed by atoms with Crippen LogP contribution in [0.2, 0.25) is 5.02 Å². The molecule has 0 aliphatic carbocycles. The van der Waals surface area contributed by atoms with Crippen LogP contribution in [0, 0.1) is 5.82 Å². The van der Waals surface area contributed by atoms with Crippen molar-refractivity contribution in [3.05, 3.63) is 51.0 Å². The number of hydrogen-bond acceptors (Lipinski definition) is 2. The molecule has 0 saturated carbocycles. The van der Waals surface area contributed by atoms with E-state index in [-0.39, 0.29) is 11.9 Å². The Morgan fingerprint density at radius 3 is 2.89 bits per heavy atom. The largest absolute Gasteiger partial charge is 0.322 e. The fourth-order valence-electron chi connectivity index (χ4n) is 2.01. The Morgan fingerprint density at radius 2 is 2.26 bits per heavy atom. The van der Waals surface area contributed by atoms with Crippen LogP contribution in [0.5, 0.6) is 0 Å². The van der Waals surface area contributed by atoms with Crippen LogP contribution in [0.25, 0.3) is 0 Å². The standard InChI is InChI=1S/C13H14BrClFN3/c1-2-19-13(10(14)7-18-19)12(17)5-8-3-4-9(16)6-11(8)15/h3-4,6-7,12H,2,5,17H2,1H3. The van der Waals surface area contributed by atoms with Gasteiger partial charge in [-0.2, -0.15) is 5.10 Å². The quantitative estimate of drug-likeness (QED) is 0.917. The number of hydrogen-bond donors (Lipinski definition) is 1. The zero-order valence-corrected chi connectivity index (χ0v) is 12.7. The second-order valence-corrected chi connectivity index (χ2v) is 5.50. The molecule has 0 fully saturated rings. The van der Waals surface area contributed by atoms with Crippen molar-refractivity contribution in [3.8, 4) is 0 Å². The van der Waals surface area contributed by atoms with E-state index in [0.717, 1.165) is 22.3 Å². The van der Waals surface area contributed by atoms with E-state index in [1.807, 2.05) is 11.6 Å². The molecule has 6 heteroatoms. The lowest BCUT2D eigenvalue weighted by atomic mass is 10.0. The van der Waals surface area contributed by atoms with E-state index in [9.17, 15) is 4.39 Å². The van der Waals surface area contributed by atoms with E-state index in [1.54, 1.807) is 12.3 Å². The highest BCUT2D eigenvalue weighted by atomic mass is 79.9. The van der Waals surface area contributed by atoms with Gasteiger partial charge in [-0.25, -0.2) is 4.39 Å². The number of nitrogens with zero attached hydrogens (tertiary/aromatic N) is 2. The zero-order chi connectivity index (χ0) is 14.0. The first-order valence-electron chi connectivity index (χ1n) is 5.93. The molecular formula is C13H14BrClFN3. The summed E-state index contributed by atoms with van der Waals surface area (Å²) >= 11 is 9.46. The Hall–Kier alpha value is -0.910. The maximum atomic E-state index is 13.0. The van der Waals surface area contributed by atoms with Gasteiger partial charge in [-0.15, -0.1) is 0 Å². The first-order chi connectivity index (χ1) is 9.02. The Bertz CT molecular complexity index is 585. The second-order valence-electron chi connectivity index (χ2n) is 4.24. The average Bonchev–Trinajstić information content (AvgIpc) is 2.74. The lowest BCUT2D eigenvalue weighted by molar-refractivity contribution is 0.566. The number of benzene rings is 1. The number of nitrogens with two attached hydrogens (primary N) is 1. The third kappa shape index (κ3) is 3.16. The molecule has 1 heterocycles. The molecule has 3 nitrogen and oxygen atoms in total. The topological polar surface area (TPSA) is 43.8 Å². The van der Waals surface area contributed by atoms with Gasteiger partial charge in [0.2, 0.25) is 0 Å². The van der Waals surface area contributed by atoms with Crippen molar-refractivity contribution in [1.29, 1.82) is 0 Å². The predicted molar refractivity (Wildman–Crippen MR) is 77.6 cm³/mol. The van der Waals surface area contributed by atoms with Crippen molar-refractivity contribution in [2.75, 3.05) is 0 Å². The molecule has 0 aliphatic rings. The summed E-state index contributed by atoms with van der Waals surface area (Å²) < 4.78 is 15.7. The van der Waals surface area contributed by atoms with Crippen LogP contribution in [0.15, 0.2) is 28.9 Å². The molecule has 102 valence electrons. The molecule has 0 bridgehead atoms. The summed E-state index contributed by atoms with van der Waals surface area (Å²) in [5.41, 5.74) is 7.96. The molecule has 0 aliphatic heterocycles. The molecule has 19 heavy (non-hydrogen) atoms. The summed E-state index contributed by atoms with van der Waals surface area (Å²) in [7, 11) is 0. The monoisotopic (exact) mass is 345 g/mol. The molecule has 2 N–H and O–H groups in total. The van der Waals surface area contributed by atoms with Crippen LogP contribution in [0.3, 0.4) is 0 Å². The van der Waals surface area contributed by atoms with E-state index < -0.39 is 0 Å². The maximum Gasteiger partial charge on any atom is 0.124 e. The van der Waals surface area contributed by atoms with Crippen LogP contribution in [-0.4, -0.2) is 9.78 Å². The van der Waals surface area contributed by atoms with Gasteiger partial charge in [0.1, 0.15) is 5.82 Å². The molecule has 1 aromatic heterocycles. The minimum absolute atomic E-state index is 0.250. The first kappa shape index (κ1) is 14.5. The molecule has 0 saturated heterocycles. The predicted octanol–water partition coefficient (Wildman–Crippen LogP) is 3.70. The highest BCUT2D eigenvalue weighted by Gasteiger charge is 2.17. The average molecular weight is 347 g/mol. The third-order valence-corrected chi connectivity index (χ3v) is 3.90. The molecule has 1 atom stereocenters. The summed E-state index contributed by atoms with van der Waals surface area (Å²) in [6.07, 6.45) is 2.26. The van der Waals surface area contributed by atoms with Gasteiger partial charge in [-0.05, 0) is 47.0 Å². The van der Waals surface area contributed by atoms with Crippen LogP contribution in [0.4, 0.5) is 4.39 Å². The molecule has 2 aromatic rings. The van der Waals surface area contributed by atoms with Crippen molar-refractivity contribution in [2.45, 2.75) is 25.9 Å². The summed E-state index contributed by atoms with van der Waals surface area (Å²) in [4.78, 5) is 0. The summed E-state index contributed by atoms with van der Waals surface area (Å²) in [6, 6.07) is 4.10. The van der Waals surface area contributed by atoms with Crippen molar-refractivity contribution in [1.82, 2.24) is 9.78 Å². The number of halogens is 3. The SMILES string of the molecule is CCn1ncc(Br)c1C(N)Cc1ccc(F)cc1Cl. The summed E-state index contributed by atoms with van der Waals surface area (Å²) in [5.74, 6) is -0.345. The normalized spacial score (nSPS) is 12.7. The van der Waals surface area contributed by atoms with Gasteiger partial charge >= 0.3 is 0 Å². The van der Waals surface area contributed by atoms with Crippen molar-refractivity contribution in [3.63, 3.8) is 0 Å². The Morgan fingerprint density at radius 1 is 1.53 bits per heavy atom. The third-order valence-electron chi connectivity index (χ3n) is 2.94. The van der Waals surface area contributed by atoms with Crippen LogP contribution < -0.4 is 5.73 Å². The van der Waals surface area contributed by atoms with Gasteiger partial charge in [0, 0.05) is 11.6 Å². The maximum absolute atomic E-state index is 13.0. The van der Waals surface area contributed by atoms with Gasteiger partial charge in [-0.1, -0.05) is 17.7 Å². The number of rotatable bonds is 4. The van der Waals surface area contributed by atoms with Crippen LogP contribution in [0.1, 0.15) is 24.2 Å². The second kappa shape index (κ2) is 6.03. The lowest BCUT2D eigenvalue weighted by Crippen LogP contribution is -2.19. The van der Waals surface area contributed by atoms with E-state index >= 15 is 0 Å². The number of aromatic nitrogens is 2. The fourth-order valence-corrected chi connectivity index (χ4v) is 2.85. The highest BCUT2D eigenvalue weighted by Crippen LogP contribution is 2.27. The van der Waals surface area contributed by atoms with Crippen molar-refractivity contribution in [2.24, 2.45) is 5.73 Å². The van der Waals surface area contributed by atoms with E-state index in [1.165, 1.54) is 12.1 Å².